The summed E-state index contributed by atoms with van der Waals surface area (Å²) in [5.41, 5.74) is 1.27. The maximum Gasteiger partial charge on any atom is 0.298 e. The average molecular weight is 285 g/mol. The lowest BCUT2D eigenvalue weighted by atomic mass is 10.0. The molecule has 0 radical (unpaired) electrons. The van der Waals surface area contributed by atoms with Crippen molar-refractivity contribution in [3.8, 4) is 11.8 Å². The smallest absolute Gasteiger partial charge is 0.298 e. The molecule has 1 aromatic rings. The molecule has 0 bridgehead atoms. The number of carbonyl (C=O) groups is 1. The summed E-state index contributed by atoms with van der Waals surface area (Å²) >= 11 is 0. The second-order valence-electron chi connectivity index (χ2n) is 5.34. The Bertz CT molecular complexity index is 518. The largest absolute Gasteiger partial charge is 0.330 e. The van der Waals surface area contributed by atoms with Gasteiger partial charge in [0.2, 0.25) is 0 Å². The van der Waals surface area contributed by atoms with E-state index in [0.29, 0.717) is 6.04 Å². The van der Waals surface area contributed by atoms with Gasteiger partial charge in [0.25, 0.3) is 5.91 Å². The highest BCUT2D eigenvalue weighted by Crippen LogP contribution is 2.18. The highest BCUT2D eigenvalue weighted by atomic mass is 16.2. The van der Waals surface area contributed by atoms with Gasteiger partial charge >= 0.3 is 0 Å². The first-order valence-corrected chi connectivity index (χ1v) is 7.59. The van der Waals surface area contributed by atoms with E-state index in [2.05, 4.69) is 40.8 Å². The highest BCUT2D eigenvalue weighted by Gasteiger charge is 2.26. The maximum atomic E-state index is 11.9. The van der Waals surface area contributed by atoms with Gasteiger partial charge < -0.3 is 4.90 Å². The van der Waals surface area contributed by atoms with Crippen molar-refractivity contribution in [2.45, 2.75) is 39.3 Å². The zero-order valence-electron chi connectivity index (χ0n) is 12.9. The lowest BCUT2D eigenvalue weighted by Crippen LogP contribution is -2.49. The fourth-order valence-electron chi connectivity index (χ4n) is 2.85. The number of rotatable bonds is 4. The molecule has 1 saturated heterocycles. The number of likely N-dealkylation sites (N-methyl/N-ethyl adjacent to an activating group) is 1. The second kappa shape index (κ2) is 7.80. The van der Waals surface area contributed by atoms with Crippen molar-refractivity contribution in [1.82, 2.24) is 14.8 Å². The minimum atomic E-state index is -0.0397. The molecule has 4 nitrogen and oxygen atoms in total. The molecular formula is C17H23N3O. The molecule has 0 saturated carbocycles. The van der Waals surface area contributed by atoms with Crippen LogP contribution in [0.3, 0.4) is 0 Å². The first-order chi connectivity index (χ1) is 10.2. The minimum absolute atomic E-state index is 0.0397. The van der Waals surface area contributed by atoms with Crippen LogP contribution in [0.15, 0.2) is 24.5 Å². The number of piperidine rings is 1. The molecule has 0 unspecified atom stereocenters. The Morgan fingerprint density at radius 2 is 2.24 bits per heavy atom. The molecular weight excluding hydrogens is 262 g/mol. The van der Waals surface area contributed by atoms with E-state index in [4.69, 9.17) is 0 Å². The molecule has 0 aliphatic carbocycles. The van der Waals surface area contributed by atoms with E-state index in [1.165, 1.54) is 5.56 Å². The van der Waals surface area contributed by atoms with Crippen LogP contribution in [0.4, 0.5) is 0 Å². The lowest BCUT2D eigenvalue weighted by Gasteiger charge is -2.38. The Kier molecular flexibility index (Phi) is 5.77. The van der Waals surface area contributed by atoms with Crippen molar-refractivity contribution in [2.75, 3.05) is 19.6 Å². The summed E-state index contributed by atoms with van der Waals surface area (Å²) in [4.78, 5) is 20.3. The molecule has 4 heteroatoms. The number of hydrogen-bond acceptors (Lipinski definition) is 3. The van der Waals surface area contributed by atoms with Gasteiger partial charge in [0.15, 0.2) is 0 Å². The molecule has 0 N–H and O–H groups in total. The van der Waals surface area contributed by atoms with E-state index in [-0.39, 0.29) is 5.91 Å². The minimum Gasteiger partial charge on any atom is -0.330 e. The quantitative estimate of drug-likeness (QED) is 0.793. The van der Waals surface area contributed by atoms with E-state index >= 15 is 0 Å². The van der Waals surface area contributed by atoms with Crippen molar-refractivity contribution in [1.29, 1.82) is 0 Å². The van der Waals surface area contributed by atoms with Crippen LogP contribution in [0.1, 0.15) is 32.3 Å². The molecule has 1 aliphatic rings. The summed E-state index contributed by atoms with van der Waals surface area (Å²) in [5.74, 6) is 5.31. The summed E-state index contributed by atoms with van der Waals surface area (Å²) in [6.07, 6.45) is 5.85. The summed E-state index contributed by atoms with van der Waals surface area (Å²) in [7, 11) is 0. The van der Waals surface area contributed by atoms with Crippen LogP contribution in [0.5, 0.6) is 0 Å². The van der Waals surface area contributed by atoms with Gasteiger partial charge in [-0.15, -0.1) is 0 Å². The van der Waals surface area contributed by atoms with Crippen LogP contribution >= 0.6 is 0 Å². The Morgan fingerprint density at radius 3 is 2.90 bits per heavy atom. The van der Waals surface area contributed by atoms with Gasteiger partial charge in [-0.1, -0.05) is 12.8 Å². The van der Waals surface area contributed by atoms with Crippen molar-refractivity contribution in [2.24, 2.45) is 0 Å². The van der Waals surface area contributed by atoms with Crippen molar-refractivity contribution >= 4 is 5.91 Å². The highest BCUT2D eigenvalue weighted by molar-refractivity contribution is 5.93. The van der Waals surface area contributed by atoms with Gasteiger partial charge in [-0.05, 0) is 49.9 Å². The number of aromatic nitrogens is 1. The molecule has 2 heterocycles. The number of nitrogens with zero attached hydrogens (tertiary/aromatic N) is 3. The topological polar surface area (TPSA) is 36.4 Å². The van der Waals surface area contributed by atoms with E-state index in [1.54, 1.807) is 6.92 Å². The Labute approximate surface area is 127 Å². The molecule has 0 aromatic carbocycles. The van der Waals surface area contributed by atoms with Gasteiger partial charge in [-0.3, -0.25) is 14.7 Å². The van der Waals surface area contributed by atoms with E-state index < -0.39 is 0 Å². The third-order valence-corrected chi connectivity index (χ3v) is 3.97. The summed E-state index contributed by atoms with van der Waals surface area (Å²) in [6, 6.07) is 4.52. The molecule has 1 fully saturated rings. The van der Waals surface area contributed by atoms with Gasteiger partial charge in [0.1, 0.15) is 0 Å². The van der Waals surface area contributed by atoms with Crippen LogP contribution in [0.25, 0.3) is 0 Å². The van der Waals surface area contributed by atoms with Gasteiger partial charge in [0.05, 0.1) is 0 Å². The molecule has 21 heavy (non-hydrogen) atoms. The monoisotopic (exact) mass is 285 g/mol. The average Bonchev–Trinajstić information content (AvgIpc) is 2.54. The third kappa shape index (κ3) is 4.30. The molecule has 112 valence electrons. The molecule has 1 aliphatic heterocycles. The first kappa shape index (κ1) is 15.5. The Morgan fingerprint density at radius 1 is 1.48 bits per heavy atom. The van der Waals surface area contributed by atoms with Crippen LogP contribution in [-0.2, 0) is 11.3 Å². The SMILES string of the molecule is CC#CC(=O)N1CCC[C@H](N(CC)Cc2ccncc2)C1. The summed E-state index contributed by atoms with van der Waals surface area (Å²) in [5, 5.41) is 0. The number of amides is 1. The predicted molar refractivity (Wildman–Crippen MR) is 83.4 cm³/mol. The molecule has 1 atom stereocenters. The van der Waals surface area contributed by atoms with E-state index in [1.807, 2.05) is 17.3 Å². The molecule has 2 rings (SSSR count). The van der Waals surface area contributed by atoms with Crippen molar-refractivity contribution in [3.05, 3.63) is 30.1 Å². The van der Waals surface area contributed by atoms with Crippen LogP contribution in [-0.4, -0.2) is 46.4 Å². The number of pyridine rings is 1. The van der Waals surface area contributed by atoms with Crippen molar-refractivity contribution < 1.29 is 4.79 Å². The van der Waals surface area contributed by atoms with Crippen molar-refractivity contribution in [3.63, 3.8) is 0 Å². The van der Waals surface area contributed by atoms with E-state index in [9.17, 15) is 4.79 Å². The number of hydrogen-bond donors (Lipinski definition) is 0. The maximum absolute atomic E-state index is 11.9. The van der Waals surface area contributed by atoms with Crippen LogP contribution in [0.2, 0.25) is 0 Å². The molecule has 0 spiro atoms. The van der Waals surface area contributed by atoms with Gasteiger partial charge in [-0.2, -0.15) is 0 Å². The van der Waals surface area contributed by atoms with Crippen LogP contribution < -0.4 is 0 Å². The fourth-order valence-corrected chi connectivity index (χ4v) is 2.85. The predicted octanol–water partition coefficient (Wildman–Crippen LogP) is 1.92. The third-order valence-electron chi connectivity index (χ3n) is 3.97. The Balaban J connectivity index is 2.00. The standard InChI is InChI=1S/C17H23N3O/c1-3-6-17(21)20-12-5-7-16(14-20)19(4-2)13-15-8-10-18-11-9-15/h8-11,16H,4-5,7,12-14H2,1-2H3/t16-/m0/s1. The summed E-state index contributed by atoms with van der Waals surface area (Å²) < 4.78 is 0. The number of likely N-dealkylation sites (tertiary alicyclic amines) is 1. The Hall–Kier alpha value is -1.86. The van der Waals surface area contributed by atoms with Gasteiger partial charge in [-0.25, -0.2) is 0 Å². The summed E-state index contributed by atoms with van der Waals surface area (Å²) in [6.45, 7) is 7.39. The molecule has 1 aromatic heterocycles. The fraction of sp³-hybridized carbons (Fsp3) is 0.529. The first-order valence-electron chi connectivity index (χ1n) is 7.59. The molecule has 1 amide bonds. The second-order valence-corrected chi connectivity index (χ2v) is 5.34. The zero-order chi connectivity index (χ0) is 15.1. The normalized spacial score (nSPS) is 18.2. The van der Waals surface area contributed by atoms with E-state index in [0.717, 1.165) is 39.0 Å². The van der Waals surface area contributed by atoms with Crippen LogP contribution in [0, 0.1) is 11.8 Å². The lowest BCUT2D eigenvalue weighted by molar-refractivity contribution is -0.127. The zero-order valence-corrected chi connectivity index (χ0v) is 12.9. The number of carbonyl (C=O) groups excluding carboxylic acids is 1. The van der Waals surface area contributed by atoms with Gasteiger partial charge in [0, 0.05) is 38.1 Å².